The summed E-state index contributed by atoms with van der Waals surface area (Å²) in [6, 6.07) is 0. The van der Waals surface area contributed by atoms with E-state index in [0.717, 1.165) is 25.7 Å². The van der Waals surface area contributed by atoms with Gasteiger partial charge >= 0.3 is 0 Å². The van der Waals surface area contributed by atoms with E-state index in [1.165, 1.54) is 18.4 Å². The number of alkyl halides is 1. The van der Waals surface area contributed by atoms with E-state index in [-0.39, 0.29) is 17.4 Å². The average Bonchev–Trinajstić information content (AvgIpc) is 2.42. The summed E-state index contributed by atoms with van der Waals surface area (Å²) in [5.41, 5.74) is 1.15. The van der Waals surface area contributed by atoms with E-state index in [1.807, 2.05) is 6.08 Å². The molecule has 3 heteroatoms. The van der Waals surface area contributed by atoms with Gasteiger partial charge in [-0.25, -0.2) is 0 Å². The quantitative estimate of drug-likeness (QED) is 0.522. The molecule has 0 aromatic heterocycles. The molecule has 2 aliphatic carbocycles. The average molecular weight is 387 g/mol. The smallest absolute Gasteiger partial charge is 0.0653 e. The second kappa shape index (κ2) is 6.80. The molecule has 0 heterocycles. The fourth-order valence-corrected chi connectivity index (χ4v) is 6.31. The first-order valence-electron chi connectivity index (χ1n) is 9.18. The third kappa shape index (κ3) is 3.57. The molecule has 0 saturated heterocycles. The van der Waals surface area contributed by atoms with Crippen molar-refractivity contribution < 1.29 is 10.2 Å². The number of hydrogen-bond donors (Lipinski definition) is 2. The van der Waals surface area contributed by atoms with Crippen molar-refractivity contribution in [2.24, 2.45) is 22.7 Å². The molecule has 2 aliphatic rings. The molecule has 0 aromatic rings. The summed E-state index contributed by atoms with van der Waals surface area (Å²) in [6.07, 6.45) is 8.31. The Hall–Kier alpha value is 0.140. The lowest BCUT2D eigenvalue weighted by Crippen LogP contribution is -2.59. The van der Waals surface area contributed by atoms with Crippen molar-refractivity contribution in [3.05, 3.63) is 11.6 Å². The first-order chi connectivity index (χ1) is 10.6. The van der Waals surface area contributed by atoms with E-state index in [9.17, 15) is 5.11 Å². The van der Waals surface area contributed by atoms with Gasteiger partial charge in [-0.2, -0.15) is 0 Å². The molecule has 0 aliphatic heterocycles. The van der Waals surface area contributed by atoms with Crippen LogP contribution in [0.15, 0.2) is 11.6 Å². The summed E-state index contributed by atoms with van der Waals surface area (Å²) >= 11 is 3.93. The van der Waals surface area contributed by atoms with Gasteiger partial charge in [0.05, 0.1) is 12.2 Å². The van der Waals surface area contributed by atoms with Crippen molar-refractivity contribution >= 4 is 15.9 Å². The minimum absolute atomic E-state index is 0.116. The lowest BCUT2D eigenvalue weighted by atomic mass is 9.45. The molecule has 2 rings (SSSR count). The highest BCUT2D eigenvalue weighted by molar-refractivity contribution is 9.09. The monoisotopic (exact) mass is 386 g/mol. The van der Waals surface area contributed by atoms with Crippen LogP contribution in [-0.4, -0.2) is 27.2 Å². The highest BCUT2D eigenvalue weighted by Crippen LogP contribution is 2.64. The number of hydrogen-bond acceptors (Lipinski definition) is 2. The Morgan fingerprint density at radius 1 is 1.17 bits per heavy atom. The van der Waals surface area contributed by atoms with Crippen molar-refractivity contribution in [1.82, 2.24) is 0 Å². The number of rotatable bonds is 4. The summed E-state index contributed by atoms with van der Waals surface area (Å²) in [5.74, 6) is 0.982. The van der Waals surface area contributed by atoms with E-state index in [0.29, 0.717) is 16.7 Å². The minimum atomic E-state index is -0.569. The molecule has 134 valence electrons. The number of aliphatic hydroxyl groups excluding tert-OH is 1. The van der Waals surface area contributed by atoms with Gasteiger partial charge in [0.1, 0.15) is 0 Å². The zero-order valence-corrected chi connectivity index (χ0v) is 17.1. The first kappa shape index (κ1) is 19.5. The second-order valence-electron chi connectivity index (χ2n) is 9.11. The van der Waals surface area contributed by atoms with Gasteiger partial charge in [0.15, 0.2) is 0 Å². The lowest BCUT2D eigenvalue weighted by molar-refractivity contribution is -0.166. The van der Waals surface area contributed by atoms with E-state index in [4.69, 9.17) is 5.11 Å². The molecule has 0 radical (unpaired) electrons. The number of halogens is 1. The largest absolute Gasteiger partial charge is 0.392 e. The van der Waals surface area contributed by atoms with Crippen LogP contribution in [0.4, 0.5) is 0 Å². The van der Waals surface area contributed by atoms with Crippen LogP contribution < -0.4 is 0 Å². The van der Waals surface area contributed by atoms with Gasteiger partial charge in [0, 0.05) is 4.83 Å². The second-order valence-corrected chi connectivity index (χ2v) is 10.2. The Bertz CT molecular complexity index is 455. The first-order valence-corrected chi connectivity index (χ1v) is 10.1. The zero-order chi connectivity index (χ0) is 17.5. The van der Waals surface area contributed by atoms with Gasteiger partial charge < -0.3 is 10.2 Å². The molecule has 0 amide bonds. The van der Waals surface area contributed by atoms with Crippen LogP contribution in [0.5, 0.6) is 0 Å². The van der Waals surface area contributed by atoms with Gasteiger partial charge in [-0.15, -0.1) is 0 Å². The van der Waals surface area contributed by atoms with Crippen LogP contribution in [0, 0.1) is 22.7 Å². The molecule has 0 aromatic carbocycles. The van der Waals surface area contributed by atoms with E-state index in [2.05, 4.69) is 50.5 Å². The molecule has 0 spiro atoms. The van der Waals surface area contributed by atoms with Crippen LogP contribution in [0.1, 0.15) is 73.1 Å². The standard InChI is InChI=1S/C20H35BrO2/c1-14(10-13-22)6-7-16-19(4)11-9-17(21)18(2,3)15(19)8-12-20(16,5)23/h10,15-17,22-23H,6-9,11-13H2,1-5H3/b14-10+/t15-,16+,17-,19-,20-/m1/s1. The molecule has 2 N–H and O–H groups in total. The van der Waals surface area contributed by atoms with E-state index < -0.39 is 5.60 Å². The molecular weight excluding hydrogens is 352 g/mol. The molecule has 2 nitrogen and oxygen atoms in total. The van der Waals surface area contributed by atoms with Crippen molar-refractivity contribution in [2.75, 3.05) is 6.61 Å². The molecular formula is C20H35BrO2. The lowest BCUT2D eigenvalue weighted by Gasteiger charge is -2.62. The number of aliphatic hydroxyl groups is 2. The van der Waals surface area contributed by atoms with Gasteiger partial charge in [-0.3, -0.25) is 0 Å². The highest BCUT2D eigenvalue weighted by atomic mass is 79.9. The Morgan fingerprint density at radius 3 is 2.43 bits per heavy atom. The SMILES string of the molecule is C/C(=C\CO)CC[C@H]1[C@]2(C)CC[C@@H](Br)C(C)(C)[C@H]2CC[C@@]1(C)O. The summed E-state index contributed by atoms with van der Waals surface area (Å²) in [5, 5.41) is 20.2. The Labute approximate surface area is 150 Å². The summed E-state index contributed by atoms with van der Waals surface area (Å²) in [4.78, 5) is 0.577. The fourth-order valence-electron chi connectivity index (χ4n) is 5.76. The topological polar surface area (TPSA) is 40.5 Å². The van der Waals surface area contributed by atoms with Crippen LogP contribution >= 0.6 is 15.9 Å². The Morgan fingerprint density at radius 2 is 1.83 bits per heavy atom. The fraction of sp³-hybridized carbons (Fsp3) is 0.900. The zero-order valence-electron chi connectivity index (χ0n) is 15.5. The molecule has 2 saturated carbocycles. The molecule has 23 heavy (non-hydrogen) atoms. The van der Waals surface area contributed by atoms with Crippen molar-refractivity contribution in [3.8, 4) is 0 Å². The predicted molar refractivity (Wildman–Crippen MR) is 101 cm³/mol. The van der Waals surface area contributed by atoms with Crippen LogP contribution in [0.25, 0.3) is 0 Å². The Kier molecular flexibility index (Phi) is 5.76. The summed E-state index contributed by atoms with van der Waals surface area (Å²) < 4.78 is 0. The molecule has 2 fully saturated rings. The van der Waals surface area contributed by atoms with Crippen LogP contribution in [0.3, 0.4) is 0 Å². The summed E-state index contributed by atoms with van der Waals surface area (Å²) in [6.45, 7) is 11.5. The van der Waals surface area contributed by atoms with E-state index in [1.54, 1.807) is 0 Å². The van der Waals surface area contributed by atoms with Crippen LogP contribution in [0.2, 0.25) is 0 Å². The van der Waals surface area contributed by atoms with Gasteiger partial charge in [-0.1, -0.05) is 48.4 Å². The van der Waals surface area contributed by atoms with Gasteiger partial charge in [-0.05, 0) is 75.0 Å². The normalized spacial score (nSPS) is 44.0. The molecule has 0 bridgehead atoms. The number of allylic oxidation sites excluding steroid dienone is 1. The number of fused-ring (bicyclic) bond motifs is 1. The maximum absolute atomic E-state index is 11.1. The molecule has 5 atom stereocenters. The van der Waals surface area contributed by atoms with Crippen molar-refractivity contribution in [3.63, 3.8) is 0 Å². The third-order valence-corrected chi connectivity index (χ3v) is 8.83. The predicted octanol–water partition coefficient (Wildman–Crippen LogP) is 5.07. The molecule has 0 unspecified atom stereocenters. The maximum atomic E-state index is 11.1. The highest BCUT2D eigenvalue weighted by Gasteiger charge is 2.59. The van der Waals surface area contributed by atoms with E-state index >= 15 is 0 Å². The van der Waals surface area contributed by atoms with Gasteiger partial charge in [0.2, 0.25) is 0 Å². The van der Waals surface area contributed by atoms with Crippen molar-refractivity contribution in [2.45, 2.75) is 83.6 Å². The Balaban J connectivity index is 2.28. The van der Waals surface area contributed by atoms with Gasteiger partial charge in [0.25, 0.3) is 0 Å². The summed E-state index contributed by atoms with van der Waals surface area (Å²) in [7, 11) is 0. The van der Waals surface area contributed by atoms with Crippen LogP contribution in [-0.2, 0) is 0 Å². The minimum Gasteiger partial charge on any atom is -0.392 e. The maximum Gasteiger partial charge on any atom is 0.0653 e. The third-order valence-electron chi connectivity index (χ3n) is 7.19. The van der Waals surface area contributed by atoms with Crippen molar-refractivity contribution in [1.29, 1.82) is 0 Å².